The minimum atomic E-state index is -1.07. The van der Waals surface area contributed by atoms with Gasteiger partial charge in [0.05, 0.1) is 0 Å². The summed E-state index contributed by atoms with van der Waals surface area (Å²) in [5.41, 5.74) is 1.02. The standard InChI is InChI=1S/C21H19ClFN3O3/c1-14(20(27)25(2)13-16-17(22)6-5-7-18(16)23)29-21(28)19-12-15(8-9-24-19)26-10-3-4-11-26/h3-12,14H,13H2,1-2H3. The van der Waals surface area contributed by atoms with Gasteiger partial charge in [-0.1, -0.05) is 17.7 Å². The van der Waals surface area contributed by atoms with Crippen LogP contribution in [-0.2, 0) is 16.1 Å². The molecule has 2 aromatic heterocycles. The Balaban J connectivity index is 1.66. The number of halogens is 2. The van der Waals surface area contributed by atoms with Gasteiger partial charge in [-0.25, -0.2) is 14.2 Å². The number of carbonyl (C=O) groups excluding carboxylic acids is 2. The molecule has 0 N–H and O–H groups in total. The van der Waals surface area contributed by atoms with Gasteiger partial charge < -0.3 is 14.2 Å². The zero-order chi connectivity index (χ0) is 21.0. The molecule has 0 aliphatic carbocycles. The number of esters is 1. The highest BCUT2D eigenvalue weighted by Gasteiger charge is 2.24. The largest absolute Gasteiger partial charge is 0.448 e. The highest BCUT2D eigenvalue weighted by atomic mass is 35.5. The third kappa shape index (κ3) is 4.81. The van der Waals surface area contributed by atoms with Gasteiger partial charge in [0.25, 0.3) is 5.91 Å². The molecule has 1 atom stereocenters. The molecule has 0 spiro atoms. The van der Waals surface area contributed by atoms with E-state index in [0.29, 0.717) is 0 Å². The number of ether oxygens (including phenoxy) is 1. The second kappa shape index (κ2) is 8.87. The van der Waals surface area contributed by atoms with Crippen LogP contribution in [-0.4, -0.2) is 39.5 Å². The molecule has 29 heavy (non-hydrogen) atoms. The van der Waals surface area contributed by atoms with Crippen LogP contribution in [0.15, 0.2) is 61.1 Å². The first kappa shape index (κ1) is 20.5. The summed E-state index contributed by atoms with van der Waals surface area (Å²) in [5, 5.41) is 0.223. The summed E-state index contributed by atoms with van der Waals surface area (Å²) in [4.78, 5) is 30.2. The molecule has 150 valence electrons. The summed E-state index contributed by atoms with van der Waals surface area (Å²) in [6.07, 6.45) is 4.08. The first-order valence-electron chi connectivity index (χ1n) is 8.85. The number of hydrogen-bond donors (Lipinski definition) is 0. The molecule has 2 heterocycles. The molecule has 1 aromatic carbocycles. The summed E-state index contributed by atoms with van der Waals surface area (Å²) >= 11 is 6.01. The normalized spacial score (nSPS) is 11.7. The molecule has 0 saturated heterocycles. The van der Waals surface area contributed by atoms with Gasteiger partial charge in [-0.2, -0.15) is 0 Å². The van der Waals surface area contributed by atoms with Gasteiger partial charge in [0.1, 0.15) is 11.5 Å². The lowest BCUT2D eigenvalue weighted by Crippen LogP contribution is -2.37. The van der Waals surface area contributed by atoms with Gasteiger partial charge in [-0.15, -0.1) is 0 Å². The minimum absolute atomic E-state index is 0.0480. The average Bonchev–Trinajstić information content (AvgIpc) is 3.25. The monoisotopic (exact) mass is 415 g/mol. The van der Waals surface area contributed by atoms with Crippen molar-refractivity contribution in [2.45, 2.75) is 19.6 Å². The number of carbonyl (C=O) groups is 2. The van der Waals surface area contributed by atoms with Crippen LogP contribution in [0.4, 0.5) is 4.39 Å². The fourth-order valence-corrected chi connectivity index (χ4v) is 3.00. The average molecular weight is 416 g/mol. The summed E-state index contributed by atoms with van der Waals surface area (Å²) in [6, 6.07) is 11.3. The maximum absolute atomic E-state index is 13.9. The quantitative estimate of drug-likeness (QED) is 0.573. The molecular weight excluding hydrogens is 397 g/mol. The van der Waals surface area contributed by atoms with Crippen molar-refractivity contribution in [3.8, 4) is 5.69 Å². The Kier molecular flexibility index (Phi) is 6.29. The number of aromatic nitrogens is 2. The fourth-order valence-electron chi connectivity index (χ4n) is 2.78. The van der Waals surface area contributed by atoms with Crippen molar-refractivity contribution < 1.29 is 18.7 Å². The second-order valence-corrected chi connectivity index (χ2v) is 6.84. The second-order valence-electron chi connectivity index (χ2n) is 6.43. The minimum Gasteiger partial charge on any atom is -0.448 e. The van der Waals surface area contributed by atoms with E-state index in [2.05, 4.69) is 4.98 Å². The van der Waals surface area contributed by atoms with Crippen LogP contribution in [0.2, 0.25) is 5.02 Å². The van der Waals surface area contributed by atoms with E-state index in [1.165, 1.54) is 37.2 Å². The maximum atomic E-state index is 13.9. The van der Waals surface area contributed by atoms with Crippen LogP contribution >= 0.6 is 11.6 Å². The van der Waals surface area contributed by atoms with E-state index in [-0.39, 0.29) is 22.8 Å². The number of hydrogen-bond acceptors (Lipinski definition) is 4. The molecular formula is C21H19ClFN3O3. The Bertz CT molecular complexity index is 1000. The van der Waals surface area contributed by atoms with E-state index in [1.54, 1.807) is 18.2 Å². The molecule has 8 heteroatoms. The van der Waals surface area contributed by atoms with Crippen molar-refractivity contribution in [1.29, 1.82) is 0 Å². The van der Waals surface area contributed by atoms with Crippen molar-refractivity contribution in [1.82, 2.24) is 14.5 Å². The molecule has 6 nitrogen and oxygen atoms in total. The van der Waals surface area contributed by atoms with Gasteiger partial charge in [0.2, 0.25) is 0 Å². The Morgan fingerprint density at radius 1 is 1.24 bits per heavy atom. The SMILES string of the molecule is CC(OC(=O)c1cc(-n2cccc2)ccn1)C(=O)N(C)Cc1c(F)cccc1Cl. The molecule has 1 amide bonds. The summed E-state index contributed by atoms with van der Waals surface area (Å²) < 4.78 is 21.0. The topological polar surface area (TPSA) is 64.4 Å². The number of rotatable bonds is 6. The van der Waals surface area contributed by atoms with Gasteiger partial charge in [0, 0.05) is 48.5 Å². The first-order valence-corrected chi connectivity index (χ1v) is 9.23. The summed E-state index contributed by atoms with van der Waals surface area (Å²) in [6.45, 7) is 1.41. The Hall–Kier alpha value is -3.19. The van der Waals surface area contributed by atoms with Crippen LogP contribution in [0, 0.1) is 5.82 Å². The number of pyridine rings is 1. The van der Waals surface area contributed by atoms with Crippen molar-refractivity contribution in [2.24, 2.45) is 0 Å². The zero-order valence-corrected chi connectivity index (χ0v) is 16.6. The van der Waals surface area contributed by atoms with Crippen LogP contribution < -0.4 is 0 Å². The Morgan fingerprint density at radius 3 is 2.66 bits per heavy atom. The lowest BCUT2D eigenvalue weighted by atomic mass is 10.2. The van der Waals surface area contributed by atoms with Crippen LogP contribution in [0.25, 0.3) is 5.69 Å². The van der Waals surface area contributed by atoms with E-state index in [1.807, 2.05) is 29.1 Å². The predicted molar refractivity (Wildman–Crippen MR) is 106 cm³/mol. The number of likely N-dealkylation sites (N-methyl/N-ethyl adjacent to an activating group) is 1. The van der Waals surface area contributed by atoms with Gasteiger partial charge >= 0.3 is 5.97 Å². The van der Waals surface area contributed by atoms with E-state index in [0.717, 1.165) is 5.69 Å². The number of amides is 1. The van der Waals surface area contributed by atoms with Crippen LogP contribution in [0.3, 0.4) is 0 Å². The number of nitrogens with zero attached hydrogens (tertiary/aromatic N) is 3. The third-order valence-electron chi connectivity index (χ3n) is 4.32. The van der Waals surface area contributed by atoms with Crippen molar-refractivity contribution in [3.63, 3.8) is 0 Å². The molecule has 1 unspecified atom stereocenters. The van der Waals surface area contributed by atoms with E-state index < -0.39 is 23.8 Å². The molecule has 0 aliphatic rings. The smallest absolute Gasteiger partial charge is 0.357 e. The van der Waals surface area contributed by atoms with E-state index >= 15 is 0 Å². The lowest BCUT2D eigenvalue weighted by Gasteiger charge is -2.22. The Labute approximate surface area is 172 Å². The summed E-state index contributed by atoms with van der Waals surface area (Å²) in [7, 11) is 1.49. The van der Waals surface area contributed by atoms with Gasteiger partial charge in [0.15, 0.2) is 6.10 Å². The molecule has 3 aromatic rings. The summed E-state index contributed by atoms with van der Waals surface area (Å²) in [5.74, 6) is -1.72. The third-order valence-corrected chi connectivity index (χ3v) is 4.67. The Morgan fingerprint density at radius 2 is 1.97 bits per heavy atom. The zero-order valence-electron chi connectivity index (χ0n) is 15.9. The van der Waals surface area contributed by atoms with Gasteiger partial charge in [-0.05, 0) is 43.3 Å². The molecule has 3 rings (SSSR count). The first-order chi connectivity index (χ1) is 13.9. The lowest BCUT2D eigenvalue weighted by molar-refractivity contribution is -0.139. The van der Waals surface area contributed by atoms with E-state index in [4.69, 9.17) is 16.3 Å². The molecule has 0 saturated carbocycles. The van der Waals surface area contributed by atoms with Crippen molar-refractivity contribution in [2.75, 3.05) is 7.05 Å². The predicted octanol–water partition coefficient (Wildman–Crippen LogP) is 3.87. The number of benzene rings is 1. The van der Waals surface area contributed by atoms with Crippen LogP contribution in [0.5, 0.6) is 0 Å². The molecule has 0 radical (unpaired) electrons. The van der Waals surface area contributed by atoms with Crippen LogP contribution in [0.1, 0.15) is 23.0 Å². The van der Waals surface area contributed by atoms with Gasteiger partial charge in [-0.3, -0.25) is 4.79 Å². The highest BCUT2D eigenvalue weighted by Crippen LogP contribution is 2.21. The van der Waals surface area contributed by atoms with Crippen molar-refractivity contribution >= 4 is 23.5 Å². The molecule has 0 aliphatic heterocycles. The van der Waals surface area contributed by atoms with Crippen molar-refractivity contribution in [3.05, 3.63) is 83.2 Å². The molecule has 0 bridgehead atoms. The molecule has 0 fully saturated rings. The fraction of sp³-hybridized carbons (Fsp3) is 0.190. The maximum Gasteiger partial charge on any atom is 0.357 e. The van der Waals surface area contributed by atoms with E-state index in [9.17, 15) is 14.0 Å². The highest BCUT2D eigenvalue weighted by molar-refractivity contribution is 6.31.